The van der Waals surface area contributed by atoms with Gasteiger partial charge in [-0.15, -0.1) is 11.8 Å². The van der Waals surface area contributed by atoms with Gasteiger partial charge >= 0.3 is 5.97 Å². The summed E-state index contributed by atoms with van der Waals surface area (Å²) in [5, 5.41) is 4.50. The van der Waals surface area contributed by atoms with Gasteiger partial charge in [0.15, 0.2) is 6.61 Å². The number of ether oxygens (including phenoxy) is 1. The maximum atomic E-state index is 12.8. The van der Waals surface area contributed by atoms with Crippen LogP contribution in [0.15, 0.2) is 46.1 Å². The van der Waals surface area contributed by atoms with Gasteiger partial charge in [-0.3, -0.25) is 4.79 Å². The van der Waals surface area contributed by atoms with E-state index in [-0.39, 0.29) is 12.4 Å². The van der Waals surface area contributed by atoms with Gasteiger partial charge in [0.1, 0.15) is 10.8 Å². The molecule has 3 rings (SSSR count). The molecule has 3 aromatic rings. The van der Waals surface area contributed by atoms with E-state index in [2.05, 4.69) is 10.1 Å². The molecule has 0 N–H and O–H groups in total. The Labute approximate surface area is 186 Å². The number of pyridine rings is 1. The normalized spacial score (nSPS) is 10.8. The number of ketones is 1. The van der Waals surface area contributed by atoms with Gasteiger partial charge in [-0.1, -0.05) is 31.1 Å². The van der Waals surface area contributed by atoms with Crippen LogP contribution < -0.4 is 0 Å². The molecule has 162 valence electrons. The average Bonchev–Trinajstić information content (AvgIpc) is 3.12. The lowest BCUT2D eigenvalue weighted by molar-refractivity contribution is 0.0470. The Morgan fingerprint density at radius 1 is 1.10 bits per heavy atom. The Balaban J connectivity index is 1.69. The largest absolute Gasteiger partial charge is 0.454 e. The number of aromatic nitrogens is 2. The van der Waals surface area contributed by atoms with E-state index in [1.165, 1.54) is 11.8 Å². The lowest BCUT2D eigenvalue weighted by atomic mass is 9.98. The maximum Gasteiger partial charge on any atom is 0.341 e. The minimum Gasteiger partial charge on any atom is -0.454 e. The number of aryl methyl sites for hydroxylation is 4. The van der Waals surface area contributed by atoms with Gasteiger partial charge < -0.3 is 9.26 Å². The van der Waals surface area contributed by atoms with Gasteiger partial charge in [0, 0.05) is 23.1 Å². The number of carbonyl (C=O) groups excluding carboxylic acids is 2. The summed E-state index contributed by atoms with van der Waals surface area (Å²) in [5.74, 6) is 0.555. The molecular formula is C24H26N2O4S. The maximum absolute atomic E-state index is 12.8. The highest BCUT2D eigenvalue weighted by Gasteiger charge is 2.19. The van der Waals surface area contributed by atoms with Crippen molar-refractivity contribution in [2.24, 2.45) is 0 Å². The Bertz CT molecular complexity index is 1070. The third-order valence-corrected chi connectivity index (χ3v) is 6.16. The highest BCUT2D eigenvalue weighted by atomic mass is 32.2. The molecule has 1 aromatic carbocycles. The monoisotopic (exact) mass is 438 g/mol. The molecule has 0 aliphatic carbocycles. The summed E-state index contributed by atoms with van der Waals surface area (Å²) in [4.78, 5) is 29.8. The number of Topliss-reactive ketones (excluding diaryl/α,β-unsaturated/α-hetero) is 1. The highest BCUT2D eigenvalue weighted by Crippen LogP contribution is 2.27. The quantitative estimate of drug-likeness (QED) is 0.260. The minimum atomic E-state index is -0.563. The van der Waals surface area contributed by atoms with E-state index in [1.807, 2.05) is 45.9 Å². The molecule has 0 aliphatic heterocycles. The number of thioether (sulfide) groups is 1. The molecule has 0 spiro atoms. The molecule has 0 amide bonds. The van der Waals surface area contributed by atoms with E-state index < -0.39 is 5.97 Å². The fourth-order valence-corrected chi connectivity index (χ4v) is 4.34. The second-order valence-corrected chi connectivity index (χ2v) is 8.11. The first-order valence-electron chi connectivity index (χ1n) is 10.3. The zero-order valence-corrected chi connectivity index (χ0v) is 19.0. The van der Waals surface area contributed by atoms with Crippen LogP contribution in [0.5, 0.6) is 0 Å². The first-order chi connectivity index (χ1) is 14.9. The molecule has 0 unspecified atom stereocenters. The summed E-state index contributed by atoms with van der Waals surface area (Å²) in [6, 6.07) is 9.23. The van der Waals surface area contributed by atoms with Gasteiger partial charge in [-0.05, 0) is 56.0 Å². The molecule has 2 heterocycles. The van der Waals surface area contributed by atoms with Crippen LogP contribution in [0.2, 0.25) is 0 Å². The molecule has 6 nitrogen and oxygen atoms in total. The van der Waals surface area contributed by atoms with Crippen molar-refractivity contribution in [3.05, 3.63) is 75.8 Å². The minimum absolute atomic E-state index is 0.200. The number of nitrogens with zero attached hydrogens (tertiary/aromatic N) is 2. The SMILES string of the molecule is CCc1ccc(CC)c(C(=O)COC(=O)c2cccnc2SCc2c(C)noc2C)c1. The topological polar surface area (TPSA) is 82.3 Å². The highest BCUT2D eigenvalue weighted by molar-refractivity contribution is 7.98. The Morgan fingerprint density at radius 2 is 1.90 bits per heavy atom. The van der Waals surface area contributed by atoms with Crippen molar-refractivity contribution in [3.8, 4) is 0 Å². The van der Waals surface area contributed by atoms with Crippen LogP contribution in [-0.2, 0) is 23.3 Å². The van der Waals surface area contributed by atoms with E-state index in [9.17, 15) is 9.59 Å². The van der Waals surface area contributed by atoms with Crippen LogP contribution in [0.4, 0.5) is 0 Å². The van der Waals surface area contributed by atoms with Crippen LogP contribution >= 0.6 is 11.8 Å². The fraction of sp³-hybridized carbons (Fsp3) is 0.333. The van der Waals surface area contributed by atoms with Crippen LogP contribution in [-0.4, -0.2) is 28.5 Å². The first-order valence-corrected chi connectivity index (χ1v) is 11.2. The molecule has 31 heavy (non-hydrogen) atoms. The van der Waals surface area contributed by atoms with E-state index in [0.717, 1.165) is 41.0 Å². The molecule has 0 saturated carbocycles. The van der Waals surface area contributed by atoms with Crippen LogP contribution in [0, 0.1) is 13.8 Å². The zero-order valence-electron chi connectivity index (χ0n) is 18.2. The summed E-state index contributed by atoms with van der Waals surface area (Å²) in [7, 11) is 0. The number of rotatable bonds is 9. The van der Waals surface area contributed by atoms with Crippen LogP contribution in [0.3, 0.4) is 0 Å². The first kappa shape index (κ1) is 22.7. The third kappa shape index (κ3) is 5.41. The van der Waals surface area contributed by atoms with Gasteiger partial charge in [-0.2, -0.15) is 0 Å². The molecule has 2 aromatic heterocycles. The van der Waals surface area contributed by atoms with Gasteiger partial charge in [-0.25, -0.2) is 9.78 Å². The summed E-state index contributed by atoms with van der Waals surface area (Å²) >= 11 is 1.41. The van der Waals surface area contributed by atoms with E-state index >= 15 is 0 Å². The second-order valence-electron chi connectivity index (χ2n) is 7.15. The summed E-state index contributed by atoms with van der Waals surface area (Å²) < 4.78 is 10.6. The molecular weight excluding hydrogens is 412 g/mol. The van der Waals surface area contributed by atoms with Crippen LogP contribution in [0.1, 0.15) is 62.7 Å². The molecule has 0 radical (unpaired) electrons. The molecule has 0 saturated heterocycles. The third-order valence-electron chi connectivity index (χ3n) is 5.12. The number of benzene rings is 1. The molecule has 0 aliphatic rings. The smallest absolute Gasteiger partial charge is 0.341 e. The fourth-order valence-electron chi connectivity index (χ4n) is 3.21. The molecule has 7 heteroatoms. The van der Waals surface area contributed by atoms with E-state index in [4.69, 9.17) is 9.26 Å². The lowest BCUT2D eigenvalue weighted by Crippen LogP contribution is -2.16. The summed E-state index contributed by atoms with van der Waals surface area (Å²) in [5.41, 5.74) is 4.79. The van der Waals surface area contributed by atoms with Crippen molar-refractivity contribution in [3.63, 3.8) is 0 Å². The number of esters is 1. The average molecular weight is 439 g/mol. The predicted molar refractivity (Wildman–Crippen MR) is 120 cm³/mol. The van der Waals surface area contributed by atoms with Crippen molar-refractivity contribution < 1.29 is 18.8 Å². The Kier molecular flexibility index (Phi) is 7.63. The van der Waals surface area contributed by atoms with Crippen molar-refractivity contribution in [1.29, 1.82) is 0 Å². The Hall–Kier alpha value is -2.93. The molecule has 0 atom stereocenters. The van der Waals surface area contributed by atoms with E-state index in [0.29, 0.717) is 21.9 Å². The molecule has 0 bridgehead atoms. The predicted octanol–water partition coefficient (Wildman–Crippen LogP) is 5.14. The lowest BCUT2D eigenvalue weighted by Gasteiger charge is -2.11. The molecule has 0 fully saturated rings. The van der Waals surface area contributed by atoms with Crippen molar-refractivity contribution in [1.82, 2.24) is 10.1 Å². The number of hydrogen-bond acceptors (Lipinski definition) is 7. The van der Waals surface area contributed by atoms with Gasteiger partial charge in [0.25, 0.3) is 0 Å². The number of hydrogen-bond donors (Lipinski definition) is 0. The van der Waals surface area contributed by atoms with Gasteiger partial charge in [0.2, 0.25) is 5.78 Å². The van der Waals surface area contributed by atoms with Crippen LogP contribution in [0.25, 0.3) is 0 Å². The number of carbonyl (C=O) groups is 2. The second kappa shape index (κ2) is 10.4. The van der Waals surface area contributed by atoms with Gasteiger partial charge in [0.05, 0.1) is 11.3 Å². The standard InChI is InChI=1S/C24H26N2O4S/c1-5-17-9-10-18(6-2)20(12-17)22(27)13-29-24(28)19-8-7-11-25-23(19)31-14-21-15(3)26-30-16(21)4/h7-12H,5-6,13-14H2,1-4H3. The zero-order chi connectivity index (χ0) is 22.4. The Morgan fingerprint density at radius 3 is 2.58 bits per heavy atom. The summed E-state index contributed by atoms with van der Waals surface area (Å²) in [6.45, 7) is 7.47. The van der Waals surface area contributed by atoms with Crippen molar-refractivity contribution in [2.45, 2.75) is 51.3 Å². The van der Waals surface area contributed by atoms with E-state index in [1.54, 1.807) is 18.3 Å². The summed E-state index contributed by atoms with van der Waals surface area (Å²) in [6.07, 6.45) is 3.21. The van der Waals surface area contributed by atoms with Crippen molar-refractivity contribution in [2.75, 3.05) is 6.61 Å². The van der Waals surface area contributed by atoms with Crippen molar-refractivity contribution >= 4 is 23.5 Å².